The van der Waals surface area contributed by atoms with Crippen LogP contribution >= 0.6 is 27.5 Å². The second kappa shape index (κ2) is 5.81. The zero-order valence-electron chi connectivity index (χ0n) is 10.4. The molecule has 0 aliphatic heterocycles. The van der Waals surface area contributed by atoms with Gasteiger partial charge in [-0.05, 0) is 25.0 Å². The van der Waals surface area contributed by atoms with Gasteiger partial charge in [0.2, 0.25) is 0 Å². The standard InChI is InChI=1S/C14H14BrClN2/c1-3-11-9(2)17-13(18-14(11)16)8-10-6-4-5-7-12(10)15/h4-7H,3,8H2,1-2H3. The lowest BCUT2D eigenvalue weighted by molar-refractivity contribution is 0.903. The van der Waals surface area contributed by atoms with Crippen molar-refractivity contribution in [3.8, 4) is 0 Å². The second-order valence-electron chi connectivity index (χ2n) is 4.12. The first-order valence-electron chi connectivity index (χ1n) is 5.87. The average molecular weight is 326 g/mol. The van der Waals surface area contributed by atoms with Gasteiger partial charge in [-0.3, -0.25) is 0 Å². The van der Waals surface area contributed by atoms with E-state index < -0.39 is 0 Å². The molecule has 0 spiro atoms. The number of halogens is 2. The first-order chi connectivity index (χ1) is 8.61. The number of hydrogen-bond donors (Lipinski definition) is 0. The third-order valence-corrected chi connectivity index (χ3v) is 3.96. The smallest absolute Gasteiger partial charge is 0.136 e. The Balaban J connectivity index is 2.34. The minimum atomic E-state index is 0.576. The van der Waals surface area contributed by atoms with Crippen LogP contribution in [0.3, 0.4) is 0 Å². The van der Waals surface area contributed by atoms with Crippen LogP contribution in [0.2, 0.25) is 5.15 Å². The molecule has 0 saturated carbocycles. The normalized spacial score (nSPS) is 10.7. The number of hydrogen-bond acceptors (Lipinski definition) is 2. The van der Waals surface area contributed by atoms with Gasteiger partial charge in [0.15, 0.2) is 0 Å². The zero-order chi connectivity index (χ0) is 13.1. The van der Waals surface area contributed by atoms with Crippen LogP contribution in [0.5, 0.6) is 0 Å². The van der Waals surface area contributed by atoms with Gasteiger partial charge >= 0.3 is 0 Å². The molecule has 94 valence electrons. The van der Waals surface area contributed by atoms with E-state index in [0.717, 1.165) is 33.5 Å². The summed E-state index contributed by atoms with van der Waals surface area (Å²) in [5, 5.41) is 0.576. The molecule has 0 amide bonds. The molecule has 2 nitrogen and oxygen atoms in total. The molecule has 0 aliphatic carbocycles. The molecule has 1 aromatic carbocycles. The Kier molecular flexibility index (Phi) is 4.36. The summed E-state index contributed by atoms with van der Waals surface area (Å²) in [6.45, 7) is 4.04. The van der Waals surface area contributed by atoms with E-state index in [1.54, 1.807) is 0 Å². The molecule has 18 heavy (non-hydrogen) atoms. The lowest BCUT2D eigenvalue weighted by atomic mass is 10.1. The van der Waals surface area contributed by atoms with E-state index >= 15 is 0 Å². The molecule has 0 N–H and O–H groups in total. The summed E-state index contributed by atoms with van der Waals surface area (Å²) in [5.74, 6) is 0.765. The van der Waals surface area contributed by atoms with Crippen molar-refractivity contribution in [2.24, 2.45) is 0 Å². The fraction of sp³-hybridized carbons (Fsp3) is 0.286. The minimum Gasteiger partial charge on any atom is -0.237 e. The van der Waals surface area contributed by atoms with Crippen LogP contribution in [0, 0.1) is 6.92 Å². The summed E-state index contributed by atoms with van der Waals surface area (Å²) in [6, 6.07) is 8.08. The highest BCUT2D eigenvalue weighted by atomic mass is 79.9. The lowest BCUT2D eigenvalue weighted by Gasteiger charge is -2.08. The van der Waals surface area contributed by atoms with Crippen molar-refractivity contribution in [1.29, 1.82) is 0 Å². The van der Waals surface area contributed by atoms with Crippen LogP contribution in [-0.4, -0.2) is 9.97 Å². The first-order valence-corrected chi connectivity index (χ1v) is 7.04. The second-order valence-corrected chi connectivity index (χ2v) is 5.33. The molecule has 2 aromatic rings. The topological polar surface area (TPSA) is 25.8 Å². The third kappa shape index (κ3) is 2.90. The Morgan fingerprint density at radius 2 is 1.94 bits per heavy atom. The fourth-order valence-electron chi connectivity index (χ4n) is 1.91. The minimum absolute atomic E-state index is 0.576. The van der Waals surface area contributed by atoms with Crippen molar-refractivity contribution in [3.05, 3.63) is 56.5 Å². The highest BCUT2D eigenvalue weighted by Crippen LogP contribution is 2.21. The summed E-state index contributed by atoms with van der Waals surface area (Å²) in [7, 11) is 0. The summed E-state index contributed by atoms with van der Waals surface area (Å²) in [6.07, 6.45) is 1.55. The van der Waals surface area contributed by atoms with Crippen LogP contribution in [0.4, 0.5) is 0 Å². The van der Waals surface area contributed by atoms with Crippen molar-refractivity contribution in [2.75, 3.05) is 0 Å². The predicted molar refractivity (Wildman–Crippen MR) is 78.1 cm³/mol. The van der Waals surface area contributed by atoms with E-state index in [1.165, 1.54) is 0 Å². The van der Waals surface area contributed by atoms with Crippen LogP contribution in [0.25, 0.3) is 0 Å². The Hall–Kier alpha value is -0.930. The molecule has 4 heteroatoms. The molecule has 0 aliphatic rings. The number of aromatic nitrogens is 2. The van der Waals surface area contributed by atoms with Gasteiger partial charge < -0.3 is 0 Å². The van der Waals surface area contributed by atoms with E-state index in [9.17, 15) is 0 Å². The fourth-order valence-corrected chi connectivity index (χ4v) is 2.70. The molecular formula is C14H14BrClN2. The SMILES string of the molecule is CCc1c(C)nc(Cc2ccccc2Br)nc1Cl. The zero-order valence-corrected chi connectivity index (χ0v) is 12.7. The van der Waals surface area contributed by atoms with Crippen molar-refractivity contribution < 1.29 is 0 Å². The lowest BCUT2D eigenvalue weighted by Crippen LogP contribution is -2.03. The molecule has 0 saturated heterocycles. The highest BCUT2D eigenvalue weighted by Gasteiger charge is 2.09. The van der Waals surface area contributed by atoms with Crippen molar-refractivity contribution in [2.45, 2.75) is 26.7 Å². The van der Waals surface area contributed by atoms with Crippen LogP contribution in [-0.2, 0) is 12.8 Å². The molecule has 0 unspecified atom stereocenters. The molecule has 1 heterocycles. The van der Waals surface area contributed by atoms with Gasteiger partial charge in [0.1, 0.15) is 11.0 Å². The molecule has 2 rings (SSSR count). The summed E-state index contributed by atoms with van der Waals surface area (Å²) >= 11 is 9.71. The molecular weight excluding hydrogens is 312 g/mol. The maximum absolute atomic E-state index is 6.18. The molecule has 1 aromatic heterocycles. The Bertz CT molecular complexity index is 546. The summed E-state index contributed by atoms with van der Waals surface area (Å²) < 4.78 is 1.07. The van der Waals surface area contributed by atoms with Crippen LogP contribution in [0.15, 0.2) is 28.7 Å². The van der Waals surface area contributed by atoms with E-state index in [1.807, 2.05) is 25.1 Å². The highest BCUT2D eigenvalue weighted by molar-refractivity contribution is 9.10. The van der Waals surface area contributed by atoms with Gasteiger partial charge in [-0.15, -0.1) is 0 Å². The van der Waals surface area contributed by atoms with Gasteiger partial charge in [0.25, 0.3) is 0 Å². The van der Waals surface area contributed by atoms with E-state index in [4.69, 9.17) is 11.6 Å². The molecule has 0 fully saturated rings. The largest absolute Gasteiger partial charge is 0.237 e. The van der Waals surface area contributed by atoms with E-state index in [0.29, 0.717) is 11.6 Å². The van der Waals surface area contributed by atoms with Gasteiger partial charge in [-0.25, -0.2) is 9.97 Å². The molecule has 0 bridgehead atoms. The van der Waals surface area contributed by atoms with Gasteiger partial charge in [0.05, 0.1) is 0 Å². The number of benzene rings is 1. The number of aryl methyl sites for hydroxylation is 1. The van der Waals surface area contributed by atoms with Gasteiger partial charge in [-0.2, -0.15) is 0 Å². The predicted octanol–water partition coefficient (Wildman–Crippen LogP) is 4.35. The van der Waals surface area contributed by atoms with Gasteiger partial charge in [0, 0.05) is 22.2 Å². The maximum Gasteiger partial charge on any atom is 0.136 e. The maximum atomic E-state index is 6.18. The van der Waals surface area contributed by atoms with Crippen molar-refractivity contribution in [3.63, 3.8) is 0 Å². The van der Waals surface area contributed by atoms with Gasteiger partial charge in [-0.1, -0.05) is 52.7 Å². The molecule has 0 radical (unpaired) electrons. The Morgan fingerprint density at radius 3 is 2.56 bits per heavy atom. The summed E-state index contributed by atoms with van der Waals surface area (Å²) in [5.41, 5.74) is 3.17. The van der Waals surface area contributed by atoms with Crippen molar-refractivity contribution in [1.82, 2.24) is 9.97 Å². The van der Waals surface area contributed by atoms with E-state index in [-0.39, 0.29) is 0 Å². The number of rotatable bonds is 3. The summed E-state index contributed by atoms with van der Waals surface area (Å²) in [4.78, 5) is 8.90. The van der Waals surface area contributed by atoms with Crippen molar-refractivity contribution >= 4 is 27.5 Å². The third-order valence-electron chi connectivity index (χ3n) is 2.87. The van der Waals surface area contributed by atoms with E-state index in [2.05, 4.69) is 38.9 Å². The van der Waals surface area contributed by atoms with Crippen LogP contribution in [0.1, 0.15) is 29.6 Å². The molecule has 0 atom stereocenters. The quantitative estimate of drug-likeness (QED) is 0.784. The monoisotopic (exact) mass is 324 g/mol. The Morgan fingerprint density at radius 1 is 1.22 bits per heavy atom. The average Bonchev–Trinajstić information content (AvgIpc) is 2.32. The number of nitrogens with zero attached hydrogens (tertiary/aromatic N) is 2. The first kappa shape index (κ1) is 13.5. The van der Waals surface area contributed by atoms with Crippen LogP contribution < -0.4 is 0 Å². The Labute approximate surface area is 121 Å².